The van der Waals surface area contributed by atoms with Crippen molar-refractivity contribution in [3.05, 3.63) is 35.4 Å². The highest BCUT2D eigenvalue weighted by molar-refractivity contribution is 6.05. The number of carbonyl (C=O) groups is 1. The molecule has 0 radical (unpaired) electrons. The molecule has 1 aliphatic rings. The molecular formula is C15H12O8. The second kappa shape index (κ2) is 4.96. The van der Waals surface area contributed by atoms with Crippen LogP contribution in [0.4, 0.5) is 0 Å². The van der Waals surface area contributed by atoms with Crippen molar-refractivity contribution in [3.63, 3.8) is 0 Å². The molecule has 0 saturated heterocycles. The largest absolute Gasteiger partial charge is 0.508 e. The van der Waals surface area contributed by atoms with Crippen molar-refractivity contribution < 1.29 is 40.2 Å². The van der Waals surface area contributed by atoms with Gasteiger partial charge in [-0.3, -0.25) is 4.79 Å². The lowest BCUT2D eigenvalue weighted by Gasteiger charge is -2.30. The van der Waals surface area contributed by atoms with Crippen LogP contribution in [0.5, 0.6) is 34.5 Å². The fraction of sp³-hybridized carbons (Fsp3) is 0.133. The number of phenols is 5. The Morgan fingerprint density at radius 3 is 2.09 bits per heavy atom. The first-order chi connectivity index (χ1) is 10.8. The Kier molecular flexibility index (Phi) is 3.19. The van der Waals surface area contributed by atoms with Crippen LogP contribution in [-0.2, 0) is 0 Å². The molecule has 0 aromatic heterocycles. The molecule has 1 unspecified atom stereocenters. The van der Waals surface area contributed by atoms with E-state index in [2.05, 4.69) is 0 Å². The number of aliphatic hydroxyl groups excluding tert-OH is 1. The van der Waals surface area contributed by atoms with Gasteiger partial charge in [0.2, 0.25) is 5.78 Å². The van der Waals surface area contributed by atoms with Gasteiger partial charge in [0, 0.05) is 17.7 Å². The van der Waals surface area contributed by atoms with E-state index < -0.39 is 41.0 Å². The van der Waals surface area contributed by atoms with Gasteiger partial charge < -0.3 is 35.4 Å². The summed E-state index contributed by atoms with van der Waals surface area (Å²) in [5.74, 6) is -3.96. The van der Waals surface area contributed by atoms with Gasteiger partial charge in [0.1, 0.15) is 22.8 Å². The highest BCUT2D eigenvalue weighted by Gasteiger charge is 2.39. The van der Waals surface area contributed by atoms with E-state index in [1.54, 1.807) is 0 Å². The second-order valence-electron chi connectivity index (χ2n) is 5.09. The number of aromatic hydroxyl groups is 5. The number of carbonyl (C=O) groups excluding carboxylic acids is 1. The summed E-state index contributed by atoms with van der Waals surface area (Å²) in [4.78, 5) is 12.2. The van der Waals surface area contributed by atoms with E-state index in [1.165, 1.54) is 0 Å². The van der Waals surface area contributed by atoms with Crippen LogP contribution >= 0.6 is 0 Å². The van der Waals surface area contributed by atoms with Crippen molar-refractivity contribution in [2.24, 2.45) is 0 Å². The number of ether oxygens (including phenoxy) is 1. The number of phenolic OH excluding ortho intramolecular Hbond substituents is 5. The molecule has 2 atom stereocenters. The lowest BCUT2D eigenvalue weighted by atomic mass is 9.92. The summed E-state index contributed by atoms with van der Waals surface area (Å²) in [6, 6.07) is 4.06. The van der Waals surface area contributed by atoms with Crippen LogP contribution in [0.15, 0.2) is 24.3 Å². The number of aliphatic hydroxyl groups is 1. The van der Waals surface area contributed by atoms with Crippen LogP contribution in [0, 0.1) is 0 Å². The number of rotatable bonds is 1. The van der Waals surface area contributed by atoms with Crippen molar-refractivity contribution >= 4 is 5.78 Å². The Hall–Kier alpha value is -3.13. The third-order valence-electron chi connectivity index (χ3n) is 3.54. The predicted octanol–water partition coefficient (Wildman–Crippen LogP) is 0.892. The van der Waals surface area contributed by atoms with Crippen molar-refractivity contribution in [3.8, 4) is 34.5 Å². The van der Waals surface area contributed by atoms with E-state index in [-0.39, 0.29) is 22.6 Å². The number of fused-ring (bicyclic) bond motifs is 1. The van der Waals surface area contributed by atoms with Gasteiger partial charge in [0.25, 0.3) is 0 Å². The Labute approximate surface area is 129 Å². The molecule has 0 bridgehead atoms. The maximum Gasteiger partial charge on any atom is 0.202 e. The molecular weight excluding hydrogens is 308 g/mol. The quantitative estimate of drug-likeness (QED) is 0.424. The lowest BCUT2D eigenvalue weighted by Crippen LogP contribution is -2.36. The summed E-state index contributed by atoms with van der Waals surface area (Å²) in [6.45, 7) is 0. The zero-order valence-corrected chi connectivity index (χ0v) is 11.5. The van der Waals surface area contributed by atoms with Gasteiger partial charge in [-0.25, -0.2) is 0 Å². The SMILES string of the molecule is O=C1c2c(O)cc(O)cc2OC(c2cc(O)c(O)c(O)c2)[C@H]1O. The monoisotopic (exact) mass is 320 g/mol. The number of Topliss-reactive ketones (excluding diaryl/α,β-unsaturated/α-hetero) is 1. The molecule has 0 fully saturated rings. The van der Waals surface area contributed by atoms with Crippen LogP contribution < -0.4 is 4.74 Å². The van der Waals surface area contributed by atoms with Crippen molar-refractivity contribution in [2.75, 3.05) is 0 Å². The molecule has 0 spiro atoms. The summed E-state index contributed by atoms with van der Waals surface area (Å²) >= 11 is 0. The maximum absolute atomic E-state index is 12.2. The first-order valence-corrected chi connectivity index (χ1v) is 6.49. The molecule has 0 amide bonds. The van der Waals surface area contributed by atoms with Crippen LogP contribution in [0.3, 0.4) is 0 Å². The Bertz CT molecular complexity index is 790. The number of hydrogen-bond acceptors (Lipinski definition) is 8. The Morgan fingerprint density at radius 2 is 1.48 bits per heavy atom. The first kappa shape index (κ1) is 14.8. The predicted molar refractivity (Wildman–Crippen MR) is 74.9 cm³/mol. The minimum absolute atomic E-state index is 0.0205. The normalized spacial score (nSPS) is 20.0. The summed E-state index contributed by atoms with van der Waals surface area (Å²) in [7, 11) is 0. The highest BCUT2D eigenvalue weighted by atomic mass is 16.5. The van der Waals surface area contributed by atoms with Crippen LogP contribution in [-0.4, -0.2) is 42.5 Å². The van der Waals surface area contributed by atoms with Crippen molar-refractivity contribution in [2.45, 2.75) is 12.2 Å². The average molecular weight is 320 g/mol. The van der Waals surface area contributed by atoms with Crippen LogP contribution in [0.1, 0.15) is 22.0 Å². The van der Waals surface area contributed by atoms with Gasteiger partial charge >= 0.3 is 0 Å². The van der Waals surface area contributed by atoms with Crippen molar-refractivity contribution in [1.82, 2.24) is 0 Å². The van der Waals surface area contributed by atoms with E-state index in [0.717, 1.165) is 24.3 Å². The van der Waals surface area contributed by atoms with Gasteiger partial charge in [-0.1, -0.05) is 0 Å². The minimum Gasteiger partial charge on any atom is -0.508 e. The Balaban J connectivity index is 2.11. The van der Waals surface area contributed by atoms with E-state index in [0.29, 0.717) is 0 Å². The lowest BCUT2D eigenvalue weighted by molar-refractivity contribution is 0.0209. The molecule has 0 aliphatic carbocycles. The smallest absolute Gasteiger partial charge is 0.202 e. The number of ketones is 1. The van der Waals surface area contributed by atoms with Gasteiger partial charge in [-0.15, -0.1) is 0 Å². The summed E-state index contributed by atoms with van der Waals surface area (Å²) in [5.41, 5.74) is -0.258. The molecule has 8 nitrogen and oxygen atoms in total. The van der Waals surface area contributed by atoms with Crippen LogP contribution in [0.2, 0.25) is 0 Å². The maximum atomic E-state index is 12.2. The molecule has 23 heavy (non-hydrogen) atoms. The van der Waals surface area contributed by atoms with E-state index in [1.807, 2.05) is 0 Å². The molecule has 120 valence electrons. The molecule has 6 N–H and O–H groups in total. The van der Waals surface area contributed by atoms with E-state index in [9.17, 15) is 35.4 Å². The highest BCUT2D eigenvalue weighted by Crippen LogP contribution is 2.44. The van der Waals surface area contributed by atoms with E-state index in [4.69, 9.17) is 4.74 Å². The summed E-state index contributed by atoms with van der Waals surface area (Å²) in [5, 5.41) is 57.7. The number of benzene rings is 2. The second-order valence-corrected chi connectivity index (χ2v) is 5.09. The molecule has 0 saturated carbocycles. The summed E-state index contributed by atoms with van der Waals surface area (Å²) in [6.07, 6.45) is -3.03. The van der Waals surface area contributed by atoms with Gasteiger partial charge in [-0.05, 0) is 12.1 Å². The molecule has 3 rings (SSSR count). The third-order valence-corrected chi connectivity index (χ3v) is 3.54. The topological polar surface area (TPSA) is 148 Å². The molecule has 1 heterocycles. The standard InChI is InChI=1S/C15H12O8/c16-6-3-7(17)11-10(4-6)23-15(14(22)13(11)21)5-1-8(18)12(20)9(19)2-5/h1-4,14-20,22H/t14-,15?/m0/s1. The molecule has 2 aromatic carbocycles. The van der Waals surface area contributed by atoms with Crippen molar-refractivity contribution in [1.29, 1.82) is 0 Å². The minimum atomic E-state index is -1.72. The fourth-order valence-electron chi connectivity index (χ4n) is 2.45. The third kappa shape index (κ3) is 2.25. The van der Waals surface area contributed by atoms with Gasteiger partial charge in [0.15, 0.2) is 29.5 Å². The average Bonchev–Trinajstić information content (AvgIpc) is 2.47. The zero-order chi connectivity index (χ0) is 16.9. The molecule has 2 aromatic rings. The van der Waals surface area contributed by atoms with Crippen LogP contribution in [0.25, 0.3) is 0 Å². The Morgan fingerprint density at radius 1 is 0.870 bits per heavy atom. The molecule has 1 aliphatic heterocycles. The number of hydrogen-bond donors (Lipinski definition) is 6. The molecule has 8 heteroatoms. The van der Waals surface area contributed by atoms with E-state index >= 15 is 0 Å². The fourth-order valence-corrected chi connectivity index (χ4v) is 2.45. The summed E-state index contributed by atoms with van der Waals surface area (Å²) < 4.78 is 5.42. The first-order valence-electron chi connectivity index (χ1n) is 6.49. The van der Waals surface area contributed by atoms with Gasteiger partial charge in [-0.2, -0.15) is 0 Å². The zero-order valence-electron chi connectivity index (χ0n) is 11.5. The van der Waals surface area contributed by atoms with Gasteiger partial charge in [0.05, 0.1) is 0 Å².